The Morgan fingerprint density at radius 3 is 2.81 bits per heavy atom. The van der Waals surface area contributed by atoms with E-state index in [-0.39, 0.29) is 11.9 Å². The summed E-state index contributed by atoms with van der Waals surface area (Å²) in [5.74, 6) is 0.0819. The molecule has 1 saturated heterocycles. The highest BCUT2D eigenvalue weighted by atomic mass is 79.9. The van der Waals surface area contributed by atoms with Gasteiger partial charge in [0.15, 0.2) is 0 Å². The van der Waals surface area contributed by atoms with Crippen LogP contribution in [-0.4, -0.2) is 43.5 Å². The van der Waals surface area contributed by atoms with Gasteiger partial charge in [-0.3, -0.25) is 9.69 Å². The summed E-state index contributed by atoms with van der Waals surface area (Å²) >= 11 is 3.42. The van der Waals surface area contributed by atoms with E-state index < -0.39 is 0 Å². The minimum absolute atomic E-state index is 0.0310. The topological polar surface area (TPSA) is 44.4 Å². The molecule has 1 aromatic carbocycles. The van der Waals surface area contributed by atoms with Crippen molar-refractivity contribution in [2.75, 3.05) is 26.7 Å². The second-order valence-electron chi connectivity index (χ2n) is 5.76. The lowest BCUT2D eigenvalue weighted by Crippen LogP contribution is -2.47. The first-order chi connectivity index (χ1) is 10.1. The third-order valence-electron chi connectivity index (χ3n) is 4.03. The van der Waals surface area contributed by atoms with Crippen LogP contribution in [-0.2, 0) is 4.79 Å². The Morgan fingerprint density at radius 1 is 1.48 bits per heavy atom. The fraction of sp³-hybridized carbons (Fsp3) is 0.562. The fourth-order valence-electron chi connectivity index (χ4n) is 2.69. The molecule has 21 heavy (non-hydrogen) atoms. The van der Waals surface area contributed by atoms with Crippen LogP contribution in [0.3, 0.4) is 0 Å². The van der Waals surface area contributed by atoms with Gasteiger partial charge in [0.1, 0.15) is 0 Å². The molecule has 0 radical (unpaired) electrons. The molecular weight excluding hydrogens is 330 g/mol. The van der Waals surface area contributed by atoms with Crippen molar-refractivity contribution in [2.24, 2.45) is 0 Å². The van der Waals surface area contributed by atoms with Gasteiger partial charge in [-0.15, -0.1) is 0 Å². The van der Waals surface area contributed by atoms with E-state index in [9.17, 15) is 4.79 Å². The standard InChI is InChI=1S/C16H24BrN3O/c1-12(13-5-7-14(17)8-6-13)19-16(21)11-20(2)15-4-3-9-18-10-15/h5-8,12,15,18H,3-4,9-11H2,1-2H3,(H,19,21). The zero-order valence-electron chi connectivity index (χ0n) is 12.7. The van der Waals surface area contributed by atoms with Crippen molar-refractivity contribution in [2.45, 2.75) is 31.8 Å². The number of hydrogen-bond acceptors (Lipinski definition) is 3. The number of nitrogens with one attached hydrogen (secondary N) is 2. The van der Waals surface area contributed by atoms with Crippen molar-refractivity contribution in [3.05, 3.63) is 34.3 Å². The van der Waals surface area contributed by atoms with Crippen LogP contribution in [0.1, 0.15) is 31.4 Å². The molecule has 2 rings (SSSR count). The molecule has 2 atom stereocenters. The third-order valence-corrected chi connectivity index (χ3v) is 4.56. The number of hydrogen-bond donors (Lipinski definition) is 2. The van der Waals surface area contributed by atoms with Gasteiger partial charge in [0.25, 0.3) is 0 Å². The largest absolute Gasteiger partial charge is 0.348 e. The van der Waals surface area contributed by atoms with Crippen LogP contribution in [0.15, 0.2) is 28.7 Å². The van der Waals surface area contributed by atoms with Crippen LogP contribution in [0.4, 0.5) is 0 Å². The molecule has 5 heteroatoms. The highest BCUT2D eigenvalue weighted by molar-refractivity contribution is 9.10. The van der Waals surface area contributed by atoms with Crippen LogP contribution in [0, 0.1) is 0 Å². The Kier molecular flexibility index (Phi) is 6.21. The van der Waals surface area contributed by atoms with Crippen molar-refractivity contribution < 1.29 is 4.79 Å². The molecule has 116 valence electrons. The average molecular weight is 354 g/mol. The number of likely N-dealkylation sites (N-methyl/N-ethyl adjacent to an activating group) is 1. The SMILES string of the molecule is CC(NC(=O)CN(C)C1CCCNC1)c1ccc(Br)cc1. The van der Waals surface area contributed by atoms with E-state index in [0.717, 1.165) is 23.1 Å². The second-order valence-corrected chi connectivity index (χ2v) is 6.67. The monoisotopic (exact) mass is 353 g/mol. The normalized spacial score (nSPS) is 20.3. The van der Waals surface area contributed by atoms with Crippen molar-refractivity contribution in [1.82, 2.24) is 15.5 Å². The van der Waals surface area contributed by atoms with E-state index in [1.807, 2.05) is 38.2 Å². The Morgan fingerprint density at radius 2 is 2.19 bits per heavy atom. The zero-order chi connectivity index (χ0) is 15.2. The number of rotatable bonds is 5. The second kappa shape index (κ2) is 7.92. The maximum Gasteiger partial charge on any atom is 0.234 e. The molecule has 4 nitrogen and oxygen atoms in total. The average Bonchev–Trinajstić information content (AvgIpc) is 2.48. The quantitative estimate of drug-likeness (QED) is 0.853. The van der Waals surface area contributed by atoms with Gasteiger partial charge in [0.05, 0.1) is 12.6 Å². The van der Waals surface area contributed by atoms with Crippen molar-refractivity contribution in [3.63, 3.8) is 0 Å². The molecular formula is C16H24BrN3O. The number of piperidine rings is 1. The molecule has 1 heterocycles. The van der Waals surface area contributed by atoms with E-state index in [4.69, 9.17) is 0 Å². The number of amides is 1. The molecule has 0 aromatic heterocycles. The van der Waals surface area contributed by atoms with Gasteiger partial charge in [0, 0.05) is 17.1 Å². The van der Waals surface area contributed by atoms with Gasteiger partial charge in [-0.2, -0.15) is 0 Å². The smallest absolute Gasteiger partial charge is 0.234 e. The predicted octanol–water partition coefficient (Wildman–Crippen LogP) is 2.31. The van der Waals surface area contributed by atoms with Gasteiger partial charge < -0.3 is 10.6 Å². The van der Waals surface area contributed by atoms with Crippen LogP contribution in [0.5, 0.6) is 0 Å². The first kappa shape index (κ1) is 16.5. The first-order valence-corrected chi connectivity index (χ1v) is 8.31. The summed E-state index contributed by atoms with van der Waals surface area (Å²) in [6.45, 7) is 4.54. The molecule has 2 N–H and O–H groups in total. The fourth-order valence-corrected chi connectivity index (χ4v) is 2.95. The highest BCUT2D eigenvalue weighted by Gasteiger charge is 2.20. The summed E-state index contributed by atoms with van der Waals surface area (Å²) < 4.78 is 1.05. The Hall–Kier alpha value is -0.910. The predicted molar refractivity (Wildman–Crippen MR) is 89.2 cm³/mol. The van der Waals surface area contributed by atoms with Crippen LogP contribution in [0.2, 0.25) is 0 Å². The molecule has 0 bridgehead atoms. The summed E-state index contributed by atoms with van der Waals surface area (Å²) in [5.41, 5.74) is 1.12. The summed E-state index contributed by atoms with van der Waals surface area (Å²) in [7, 11) is 2.03. The summed E-state index contributed by atoms with van der Waals surface area (Å²) in [4.78, 5) is 14.3. The highest BCUT2D eigenvalue weighted by Crippen LogP contribution is 2.16. The molecule has 2 unspecified atom stereocenters. The van der Waals surface area contributed by atoms with Gasteiger partial charge in [-0.25, -0.2) is 0 Å². The van der Waals surface area contributed by atoms with Crippen LogP contribution >= 0.6 is 15.9 Å². The summed E-state index contributed by atoms with van der Waals surface area (Å²) in [5, 5.41) is 6.45. The molecule has 1 fully saturated rings. The number of carbonyl (C=O) groups excluding carboxylic acids is 1. The number of carbonyl (C=O) groups is 1. The Bertz CT molecular complexity index is 457. The maximum absolute atomic E-state index is 12.2. The van der Waals surface area contributed by atoms with Gasteiger partial charge in [-0.1, -0.05) is 28.1 Å². The Labute approximate surface area is 135 Å². The van der Waals surface area contributed by atoms with E-state index in [1.54, 1.807) is 0 Å². The summed E-state index contributed by atoms with van der Waals surface area (Å²) in [6, 6.07) is 8.56. The molecule has 1 aliphatic rings. The minimum Gasteiger partial charge on any atom is -0.348 e. The molecule has 1 amide bonds. The molecule has 0 spiro atoms. The number of benzene rings is 1. The first-order valence-electron chi connectivity index (χ1n) is 7.52. The molecule has 1 aromatic rings. The van der Waals surface area contributed by atoms with Gasteiger partial charge in [0.2, 0.25) is 5.91 Å². The lowest BCUT2D eigenvalue weighted by atomic mass is 10.1. The maximum atomic E-state index is 12.2. The third kappa shape index (κ3) is 5.09. The van der Waals surface area contributed by atoms with E-state index in [0.29, 0.717) is 12.6 Å². The molecule has 0 aliphatic carbocycles. The van der Waals surface area contributed by atoms with Gasteiger partial charge >= 0.3 is 0 Å². The Balaban J connectivity index is 1.81. The van der Waals surface area contributed by atoms with Crippen LogP contribution < -0.4 is 10.6 Å². The lowest BCUT2D eigenvalue weighted by Gasteiger charge is -2.31. The van der Waals surface area contributed by atoms with E-state index >= 15 is 0 Å². The zero-order valence-corrected chi connectivity index (χ0v) is 14.3. The lowest BCUT2D eigenvalue weighted by molar-refractivity contribution is -0.123. The number of nitrogens with zero attached hydrogens (tertiary/aromatic N) is 1. The van der Waals surface area contributed by atoms with Gasteiger partial charge in [-0.05, 0) is 51.1 Å². The summed E-state index contributed by atoms with van der Waals surface area (Å²) in [6.07, 6.45) is 2.35. The molecule has 1 aliphatic heterocycles. The minimum atomic E-state index is 0.0310. The van der Waals surface area contributed by atoms with E-state index in [2.05, 4.69) is 31.5 Å². The number of halogens is 1. The van der Waals surface area contributed by atoms with Crippen molar-refractivity contribution >= 4 is 21.8 Å². The van der Waals surface area contributed by atoms with E-state index in [1.165, 1.54) is 12.8 Å². The van der Waals surface area contributed by atoms with Crippen molar-refractivity contribution in [1.29, 1.82) is 0 Å². The molecule has 0 saturated carbocycles. The van der Waals surface area contributed by atoms with Crippen molar-refractivity contribution in [3.8, 4) is 0 Å². The van der Waals surface area contributed by atoms with Crippen LogP contribution in [0.25, 0.3) is 0 Å².